The Morgan fingerprint density at radius 3 is 2.45 bits per heavy atom. The zero-order valence-corrected chi connectivity index (χ0v) is 17.5. The molecular weight excluding hydrogens is 392 g/mol. The smallest absolute Gasteiger partial charge is 0.317 e. The van der Waals surface area contributed by atoms with Gasteiger partial charge in [0.2, 0.25) is 5.78 Å². The molecular formula is C24H28N4O3. The molecule has 0 aromatic heterocycles. The molecule has 0 amide bonds. The van der Waals surface area contributed by atoms with Crippen molar-refractivity contribution in [2.75, 3.05) is 26.2 Å². The van der Waals surface area contributed by atoms with Gasteiger partial charge in [-0.1, -0.05) is 48.5 Å². The Morgan fingerprint density at radius 2 is 1.74 bits per heavy atom. The largest absolute Gasteiger partial charge is 0.480 e. The van der Waals surface area contributed by atoms with E-state index < -0.39 is 11.6 Å². The van der Waals surface area contributed by atoms with E-state index in [4.69, 9.17) is 5.73 Å². The summed E-state index contributed by atoms with van der Waals surface area (Å²) >= 11 is 0. The number of rotatable bonds is 6. The number of carbonyl (C=O) groups excluding carboxylic acids is 1. The van der Waals surface area contributed by atoms with E-state index in [0.717, 1.165) is 37.1 Å². The highest BCUT2D eigenvalue weighted by Crippen LogP contribution is 2.34. The second kappa shape index (κ2) is 8.99. The van der Waals surface area contributed by atoms with E-state index in [9.17, 15) is 14.7 Å². The second-order valence-electron chi connectivity index (χ2n) is 8.20. The molecule has 2 aromatic carbocycles. The van der Waals surface area contributed by atoms with Crippen molar-refractivity contribution in [3.05, 3.63) is 70.8 Å². The number of piperidine rings is 1. The summed E-state index contributed by atoms with van der Waals surface area (Å²) in [5.41, 5.74) is 8.19. The second-order valence-corrected chi connectivity index (χ2v) is 8.20. The summed E-state index contributed by atoms with van der Waals surface area (Å²) in [4.78, 5) is 26.6. The first-order valence-corrected chi connectivity index (χ1v) is 10.8. The van der Waals surface area contributed by atoms with Gasteiger partial charge in [-0.25, -0.2) is 0 Å². The molecule has 162 valence electrons. The lowest BCUT2D eigenvalue weighted by Gasteiger charge is -2.43. The lowest BCUT2D eigenvalue weighted by molar-refractivity contribution is -0.139. The SMILES string of the molecule is NC1(C(=O)c2ccc(C=NN3CCCCC3)cc2)c2ccccc2CCN1CC(=O)O. The molecule has 1 atom stereocenters. The molecule has 0 radical (unpaired) electrons. The minimum atomic E-state index is -1.52. The third-order valence-electron chi connectivity index (χ3n) is 6.13. The molecule has 7 nitrogen and oxygen atoms in total. The number of ketones is 1. The average Bonchev–Trinajstić information content (AvgIpc) is 2.80. The normalized spacial score (nSPS) is 21.8. The highest BCUT2D eigenvalue weighted by atomic mass is 16.4. The van der Waals surface area contributed by atoms with Crippen LogP contribution in [-0.4, -0.2) is 59.2 Å². The number of nitrogens with zero attached hydrogens (tertiary/aromatic N) is 3. The summed E-state index contributed by atoms with van der Waals surface area (Å²) in [6, 6.07) is 14.7. The van der Waals surface area contributed by atoms with Crippen molar-refractivity contribution in [1.82, 2.24) is 9.91 Å². The van der Waals surface area contributed by atoms with Gasteiger partial charge in [0.25, 0.3) is 0 Å². The predicted molar refractivity (Wildman–Crippen MR) is 119 cm³/mol. The topological polar surface area (TPSA) is 99.2 Å². The van der Waals surface area contributed by atoms with Gasteiger partial charge in [-0.15, -0.1) is 0 Å². The summed E-state index contributed by atoms with van der Waals surface area (Å²) in [5.74, 6) is -1.31. The fourth-order valence-electron chi connectivity index (χ4n) is 4.43. The molecule has 1 saturated heterocycles. The maximum Gasteiger partial charge on any atom is 0.317 e. The molecule has 31 heavy (non-hydrogen) atoms. The van der Waals surface area contributed by atoms with Crippen LogP contribution in [-0.2, 0) is 16.9 Å². The number of hydrogen-bond acceptors (Lipinski definition) is 6. The maximum atomic E-state index is 13.6. The molecule has 2 aliphatic rings. The van der Waals surface area contributed by atoms with Gasteiger partial charge in [-0.3, -0.25) is 19.5 Å². The first-order valence-electron chi connectivity index (χ1n) is 10.8. The van der Waals surface area contributed by atoms with Crippen LogP contribution in [0.3, 0.4) is 0 Å². The Labute approximate surface area is 182 Å². The maximum absolute atomic E-state index is 13.6. The standard InChI is InChI=1S/C24H28N4O3/c25-24(21-7-3-2-6-19(21)12-15-27(24)17-22(29)30)23(31)20-10-8-18(9-11-20)16-26-28-13-4-1-5-14-28/h2-3,6-11,16H,1,4-5,12-15,17,25H2,(H,29,30). The van der Waals surface area contributed by atoms with Gasteiger partial charge in [0.15, 0.2) is 5.66 Å². The summed E-state index contributed by atoms with van der Waals surface area (Å²) in [5, 5.41) is 16.0. The monoisotopic (exact) mass is 420 g/mol. The van der Waals surface area contributed by atoms with Crippen molar-refractivity contribution in [2.24, 2.45) is 10.8 Å². The number of carboxylic acid groups (broad SMARTS) is 1. The molecule has 2 aliphatic heterocycles. The Kier molecular flexibility index (Phi) is 6.15. The quantitative estimate of drug-likeness (QED) is 0.550. The third-order valence-corrected chi connectivity index (χ3v) is 6.13. The van der Waals surface area contributed by atoms with Gasteiger partial charge in [0.05, 0.1) is 12.8 Å². The number of fused-ring (bicyclic) bond motifs is 1. The number of hydrazone groups is 1. The van der Waals surface area contributed by atoms with Crippen molar-refractivity contribution >= 4 is 18.0 Å². The van der Waals surface area contributed by atoms with Crippen LogP contribution in [0, 0.1) is 0 Å². The van der Waals surface area contributed by atoms with E-state index >= 15 is 0 Å². The highest BCUT2D eigenvalue weighted by Gasteiger charge is 2.46. The fourth-order valence-corrected chi connectivity index (χ4v) is 4.43. The molecule has 3 N–H and O–H groups in total. The van der Waals surface area contributed by atoms with Gasteiger partial charge in [-0.05, 0) is 42.4 Å². The van der Waals surface area contributed by atoms with Crippen LogP contribution in [0.15, 0.2) is 53.6 Å². The number of hydrogen-bond donors (Lipinski definition) is 2. The molecule has 4 rings (SSSR count). The van der Waals surface area contributed by atoms with E-state index in [0.29, 0.717) is 24.1 Å². The molecule has 2 heterocycles. The van der Waals surface area contributed by atoms with E-state index in [2.05, 4.69) is 10.1 Å². The van der Waals surface area contributed by atoms with Gasteiger partial charge in [0, 0.05) is 25.2 Å². The highest BCUT2D eigenvalue weighted by molar-refractivity contribution is 6.04. The van der Waals surface area contributed by atoms with Gasteiger partial charge >= 0.3 is 5.97 Å². The van der Waals surface area contributed by atoms with Crippen LogP contribution in [0.1, 0.15) is 46.3 Å². The van der Waals surface area contributed by atoms with Crippen molar-refractivity contribution < 1.29 is 14.7 Å². The number of aliphatic carboxylic acids is 1. The van der Waals surface area contributed by atoms with Crippen LogP contribution in [0.4, 0.5) is 0 Å². The average molecular weight is 421 g/mol. The van der Waals surface area contributed by atoms with E-state index in [1.165, 1.54) is 6.42 Å². The Bertz CT molecular complexity index is 983. The summed E-state index contributed by atoms with van der Waals surface area (Å²) in [6.07, 6.45) is 6.05. The summed E-state index contributed by atoms with van der Waals surface area (Å²) in [6.45, 7) is 2.06. The molecule has 1 unspecified atom stereocenters. The molecule has 1 fully saturated rings. The van der Waals surface area contributed by atoms with Crippen LogP contribution in [0.2, 0.25) is 0 Å². The molecule has 0 spiro atoms. The molecule has 2 aromatic rings. The molecule has 0 saturated carbocycles. The van der Waals surface area contributed by atoms with Crippen molar-refractivity contribution in [3.63, 3.8) is 0 Å². The number of Topliss-reactive ketones (excluding diaryl/α,β-unsaturated/α-hetero) is 1. The Hall–Kier alpha value is -3.03. The van der Waals surface area contributed by atoms with Gasteiger partial charge in [-0.2, -0.15) is 5.10 Å². The van der Waals surface area contributed by atoms with Crippen LogP contribution in [0.25, 0.3) is 0 Å². The van der Waals surface area contributed by atoms with Crippen LogP contribution in [0.5, 0.6) is 0 Å². The van der Waals surface area contributed by atoms with Crippen molar-refractivity contribution in [3.8, 4) is 0 Å². The van der Waals surface area contributed by atoms with Crippen molar-refractivity contribution in [2.45, 2.75) is 31.3 Å². The number of carboxylic acids is 1. The summed E-state index contributed by atoms with van der Waals surface area (Å²) < 4.78 is 0. The minimum Gasteiger partial charge on any atom is -0.480 e. The zero-order chi connectivity index (χ0) is 21.8. The van der Waals surface area contributed by atoms with Crippen LogP contribution < -0.4 is 5.73 Å². The zero-order valence-electron chi connectivity index (χ0n) is 17.5. The third kappa shape index (κ3) is 4.38. The Balaban J connectivity index is 1.60. The molecule has 0 bridgehead atoms. The lowest BCUT2D eigenvalue weighted by Crippen LogP contribution is -2.62. The first-order chi connectivity index (χ1) is 15.0. The minimum absolute atomic E-state index is 0.294. The number of carbonyl (C=O) groups is 2. The van der Waals surface area contributed by atoms with Gasteiger partial charge < -0.3 is 10.8 Å². The van der Waals surface area contributed by atoms with Crippen molar-refractivity contribution in [1.29, 1.82) is 0 Å². The van der Waals surface area contributed by atoms with E-state index in [1.807, 2.05) is 42.6 Å². The number of nitrogens with two attached hydrogens (primary N) is 1. The van der Waals surface area contributed by atoms with Gasteiger partial charge in [0.1, 0.15) is 0 Å². The fraction of sp³-hybridized carbons (Fsp3) is 0.375. The van der Waals surface area contributed by atoms with E-state index in [1.54, 1.807) is 17.0 Å². The van der Waals surface area contributed by atoms with Crippen LogP contribution >= 0.6 is 0 Å². The molecule has 0 aliphatic carbocycles. The first kappa shape index (κ1) is 21.2. The lowest BCUT2D eigenvalue weighted by atomic mass is 9.82. The Morgan fingerprint density at radius 1 is 1.03 bits per heavy atom. The summed E-state index contributed by atoms with van der Waals surface area (Å²) in [7, 11) is 0. The number of benzene rings is 2. The molecule has 7 heteroatoms. The predicted octanol–water partition coefficient (Wildman–Crippen LogP) is 2.44. The van der Waals surface area contributed by atoms with E-state index in [-0.39, 0.29) is 12.3 Å².